The van der Waals surface area contributed by atoms with Gasteiger partial charge in [-0.1, -0.05) is 24.0 Å². The van der Waals surface area contributed by atoms with E-state index in [9.17, 15) is 27.9 Å². The Bertz CT molecular complexity index is 948. The number of halogens is 3. The summed E-state index contributed by atoms with van der Waals surface area (Å²) in [5.41, 5.74) is -1.13. The monoisotopic (exact) mass is 394 g/mol. The molecule has 2 aromatic rings. The first-order valence-corrected chi connectivity index (χ1v) is 7.65. The SMILES string of the molecule is O=C(O)CNC(=O)c1ncc(C#CCOc2ccccc2C(F)(F)F)cc1O. The molecular weight excluding hydrogens is 381 g/mol. The zero-order valence-electron chi connectivity index (χ0n) is 14.1. The van der Waals surface area contributed by atoms with Crippen LogP contribution in [0.2, 0.25) is 0 Å². The van der Waals surface area contributed by atoms with Gasteiger partial charge in [0.05, 0.1) is 5.56 Å². The van der Waals surface area contributed by atoms with Gasteiger partial charge in [0.15, 0.2) is 5.69 Å². The second kappa shape index (κ2) is 8.77. The van der Waals surface area contributed by atoms with Crippen LogP contribution in [0, 0.1) is 11.8 Å². The van der Waals surface area contributed by atoms with Gasteiger partial charge >= 0.3 is 12.1 Å². The van der Waals surface area contributed by atoms with Gasteiger partial charge in [-0.25, -0.2) is 4.98 Å². The minimum absolute atomic E-state index is 0.181. The molecule has 146 valence electrons. The standard InChI is InChI=1S/C18H13F3N2O5/c19-18(20,21)12-5-1-2-6-14(12)28-7-3-4-11-8-13(24)16(22-9-11)17(27)23-10-15(25)26/h1-2,5-6,8-9,24H,7,10H2,(H,23,27)(H,25,26). The van der Waals surface area contributed by atoms with E-state index in [2.05, 4.69) is 16.8 Å². The number of benzene rings is 1. The number of pyridine rings is 1. The largest absolute Gasteiger partial charge is 0.505 e. The van der Waals surface area contributed by atoms with Crippen LogP contribution >= 0.6 is 0 Å². The molecule has 0 aliphatic carbocycles. The number of alkyl halides is 3. The van der Waals surface area contributed by atoms with Crippen LogP contribution in [0.4, 0.5) is 13.2 Å². The zero-order valence-corrected chi connectivity index (χ0v) is 14.1. The van der Waals surface area contributed by atoms with Gasteiger partial charge in [-0.05, 0) is 18.2 Å². The summed E-state index contributed by atoms with van der Waals surface area (Å²) in [5, 5.41) is 20.3. The average molecular weight is 394 g/mol. The molecule has 10 heteroatoms. The van der Waals surface area contributed by atoms with Gasteiger partial charge in [0.25, 0.3) is 5.91 Å². The molecule has 0 bridgehead atoms. The van der Waals surface area contributed by atoms with Crippen molar-refractivity contribution in [1.82, 2.24) is 10.3 Å². The molecule has 1 amide bonds. The Hall–Kier alpha value is -3.74. The fourth-order valence-corrected chi connectivity index (χ4v) is 2.01. The topological polar surface area (TPSA) is 109 Å². The molecule has 0 radical (unpaired) electrons. The zero-order chi connectivity index (χ0) is 20.7. The Labute approximate surface area is 156 Å². The number of rotatable bonds is 5. The van der Waals surface area contributed by atoms with Gasteiger partial charge in [-0.2, -0.15) is 13.2 Å². The third-order valence-corrected chi connectivity index (χ3v) is 3.21. The highest BCUT2D eigenvalue weighted by Gasteiger charge is 2.33. The lowest BCUT2D eigenvalue weighted by atomic mass is 10.2. The van der Waals surface area contributed by atoms with Crippen LogP contribution in [0.5, 0.6) is 11.5 Å². The molecule has 0 saturated heterocycles. The summed E-state index contributed by atoms with van der Waals surface area (Å²) in [5.74, 6) is 1.96. The molecule has 1 aromatic heterocycles. The molecule has 28 heavy (non-hydrogen) atoms. The third kappa shape index (κ3) is 5.63. The second-order valence-corrected chi connectivity index (χ2v) is 5.25. The Morgan fingerprint density at radius 1 is 1.25 bits per heavy atom. The summed E-state index contributed by atoms with van der Waals surface area (Å²) in [6, 6.07) is 5.80. The minimum Gasteiger partial charge on any atom is -0.505 e. The first kappa shape index (κ1) is 20.6. The average Bonchev–Trinajstić information content (AvgIpc) is 2.63. The van der Waals surface area contributed by atoms with Crippen molar-refractivity contribution in [2.75, 3.05) is 13.2 Å². The highest BCUT2D eigenvalue weighted by Crippen LogP contribution is 2.35. The Morgan fingerprint density at radius 3 is 2.61 bits per heavy atom. The number of nitrogens with one attached hydrogen (secondary N) is 1. The van der Waals surface area contributed by atoms with E-state index in [4.69, 9.17) is 9.84 Å². The van der Waals surface area contributed by atoms with Crippen molar-refractivity contribution in [2.24, 2.45) is 0 Å². The number of ether oxygens (including phenoxy) is 1. The van der Waals surface area contributed by atoms with Crippen LogP contribution in [-0.2, 0) is 11.0 Å². The van der Waals surface area contributed by atoms with E-state index >= 15 is 0 Å². The van der Waals surface area contributed by atoms with Gasteiger partial charge in [0.2, 0.25) is 0 Å². The fourth-order valence-electron chi connectivity index (χ4n) is 2.01. The highest BCUT2D eigenvalue weighted by atomic mass is 19.4. The molecule has 2 rings (SSSR count). The maximum Gasteiger partial charge on any atom is 0.419 e. The van der Waals surface area contributed by atoms with Crippen molar-refractivity contribution in [1.29, 1.82) is 0 Å². The van der Waals surface area contributed by atoms with E-state index in [1.54, 1.807) is 0 Å². The molecule has 0 aliphatic rings. The predicted octanol–water partition coefficient (Wildman–Crippen LogP) is 2.05. The smallest absolute Gasteiger partial charge is 0.419 e. The molecule has 0 unspecified atom stereocenters. The number of carbonyl (C=O) groups excluding carboxylic acids is 1. The number of carboxylic acids is 1. The Morgan fingerprint density at radius 2 is 1.96 bits per heavy atom. The van der Waals surface area contributed by atoms with E-state index in [1.165, 1.54) is 18.2 Å². The number of hydrogen-bond acceptors (Lipinski definition) is 5. The number of aliphatic carboxylic acids is 1. The number of hydrogen-bond donors (Lipinski definition) is 3. The molecule has 3 N–H and O–H groups in total. The first-order valence-electron chi connectivity index (χ1n) is 7.65. The number of aromatic nitrogens is 1. The number of aromatic hydroxyl groups is 1. The molecule has 0 saturated carbocycles. The summed E-state index contributed by atoms with van der Waals surface area (Å²) in [7, 11) is 0. The summed E-state index contributed by atoms with van der Waals surface area (Å²) in [4.78, 5) is 25.8. The molecule has 0 spiro atoms. The third-order valence-electron chi connectivity index (χ3n) is 3.21. The van der Waals surface area contributed by atoms with Crippen molar-refractivity contribution in [2.45, 2.75) is 6.18 Å². The Balaban J connectivity index is 2.03. The highest BCUT2D eigenvalue weighted by molar-refractivity contribution is 5.96. The summed E-state index contributed by atoms with van der Waals surface area (Å²) in [6.07, 6.45) is -3.41. The maximum absolute atomic E-state index is 12.9. The van der Waals surface area contributed by atoms with Crippen LogP contribution in [0.3, 0.4) is 0 Å². The number of para-hydroxylation sites is 1. The van der Waals surface area contributed by atoms with Gasteiger partial charge < -0.3 is 20.3 Å². The van der Waals surface area contributed by atoms with E-state index in [-0.39, 0.29) is 23.6 Å². The van der Waals surface area contributed by atoms with Crippen LogP contribution in [-0.4, -0.2) is 40.2 Å². The van der Waals surface area contributed by atoms with E-state index < -0.39 is 35.9 Å². The Kier molecular flexibility index (Phi) is 6.44. The van der Waals surface area contributed by atoms with Gasteiger partial charge in [-0.15, -0.1) is 0 Å². The molecule has 1 aromatic carbocycles. The first-order chi connectivity index (χ1) is 13.2. The van der Waals surface area contributed by atoms with E-state index in [0.29, 0.717) is 0 Å². The van der Waals surface area contributed by atoms with Crippen molar-refractivity contribution in [3.05, 3.63) is 53.3 Å². The molecule has 1 heterocycles. The molecular formula is C18H13F3N2O5. The maximum atomic E-state index is 12.9. The minimum atomic E-state index is -4.56. The fraction of sp³-hybridized carbons (Fsp3) is 0.167. The lowest BCUT2D eigenvalue weighted by Gasteiger charge is -2.11. The van der Waals surface area contributed by atoms with Gasteiger partial charge in [0.1, 0.15) is 24.7 Å². The summed E-state index contributed by atoms with van der Waals surface area (Å²) in [6.45, 7) is -0.993. The predicted molar refractivity (Wildman–Crippen MR) is 89.7 cm³/mol. The summed E-state index contributed by atoms with van der Waals surface area (Å²) >= 11 is 0. The molecule has 0 fully saturated rings. The summed E-state index contributed by atoms with van der Waals surface area (Å²) < 4.78 is 43.6. The van der Waals surface area contributed by atoms with Crippen molar-refractivity contribution < 1.29 is 37.7 Å². The van der Waals surface area contributed by atoms with Crippen molar-refractivity contribution in [3.63, 3.8) is 0 Å². The molecule has 0 atom stereocenters. The molecule has 7 nitrogen and oxygen atoms in total. The lowest BCUT2D eigenvalue weighted by molar-refractivity contribution is -0.139. The van der Waals surface area contributed by atoms with Crippen LogP contribution < -0.4 is 10.1 Å². The normalized spacial score (nSPS) is 10.5. The van der Waals surface area contributed by atoms with Gasteiger partial charge in [-0.3, -0.25) is 9.59 Å². The number of carbonyl (C=O) groups is 2. The quantitative estimate of drug-likeness (QED) is 0.670. The van der Waals surface area contributed by atoms with Crippen molar-refractivity contribution in [3.8, 4) is 23.3 Å². The van der Waals surface area contributed by atoms with Crippen molar-refractivity contribution >= 4 is 11.9 Å². The van der Waals surface area contributed by atoms with E-state index in [1.807, 2.05) is 5.32 Å². The van der Waals surface area contributed by atoms with Gasteiger partial charge in [0, 0.05) is 11.8 Å². The van der Waals surface area contributed by atoms with Crippen LogP contribution in [0.1, 0.15) is 21.6 Å². The molecule has 0 aliphatic heterocycles. The number of carboxylic acid groups (broad SMARTS) is 1. The van der Waals surface area contributed by atoms with E-state index in [0.717, 1.165) is 18.3 Å². The number of amides is 1. The van der Waals surface area contributed by atoms with Crippen LogP contribution in [0.25, 0.3) is 0 Å². The number of nitrogens with zero attached hydrogens (tertiary/aromatic N) is 1. The lowest BCUT2D eigenvalue weighted by Crippen LogP contribution is -2.29. The second-order valence-electron chi connectivity index (χ2n) is 5.25. The van der Waals surface area contributed by atoms with Crippen LogP contribution in [0.15, 0.2) is 36.5 Å².